The zero-order valence-electron chi connectivity index (χ0n) is 21.6. The van der Waals surface area contributed by atoms with Gasteiger partial charge in [0.1, 0.15) is 11.8 Å². The first-order chi connectivity index (χ1) is 19.3. The minimum absolute atomic E-state index is 0.0800. The second-order valence-electron chi connectivity index (χ2n) is 9.84. The Bertz CT molecular complexity index is 1610. The molecule has 0 N–H and O–H groups in total. The van der Waals surface area contributed by atoms with Crippen molar-refractivity contribution < 1.29 is 33.4 Å². The largest absolute Gasteiger partial charge is 0.465 e. The lowest BCUT2D eigenvalue weighted by molar-refractivity contribution is -0.132. The minimum Gasteiger partial charge on any atom is -0.465 e. The average Bonchev–Trinajstić information content (AvgIpc) is 3.44. The first kappa shape index (κ1) is 25.2. The summed E-state index contributed by atoms with van der Waals surface area (Å²) >= 11 is 0. The van der Waals surface area contributed by atoms with Gasteiger partial charge in [-0.3, -0.25) is 19.2 Å². The van der Waals surface area contributed by atoms with Crippen molar-refractivity contribution in [2.45, 2.75) is 19.0 Å². The average molecular weight is 537 g/mol. The lowest BCUT2D eigenvalue weighted by Crippen LogP contribution is -2.44. The van der Waals surface area contributed by atoms with Crippen LogP contribution in [0.2, 0.25) is 0 Å². The number of methoxy groups -OCH3 is 1. The van der Waals surface area contributed by atoms with Crippen LogP contribution in [0.15, 0.2) is 79.0 Å². The van der Waals surface area contributed by atoms with Crippen LogP contribution in [0.4, 0.5) is 5.69 Å². The Hall–Kier alpha value is -5.05. The molecule has 0 saturated carbocycles. The lowest BCUT2D eigenvalue weighted by Gasteiger charge is -2.35. The lowest BCUT2D eigenvalue weighted by atomic mass is 9.83. The van der Waals surface area contributed by atoms with Crippen molar-refractivity contribution in [1.29, 1.82) is 0 Å². The van der Waals surface area contributed by atoms with Gasteiger partial charge in [0.2, 0.25) is 11.8 Å². The highest BCUT2D eigenvalue weighted by Crippen LogP contribution is 2.54. The number of fused-ring (bicyclic) bond motifs is 5. The standard InChI is InChI=1S/C31H24N2O7/c1-17(34)40-20-13-11-19(12-14-20)28(35)27-25-24(26-21-8-4-3-7-18(21)15-16-32(26)27)29(36)33(30(25)37)23-10-6-5-9-22(23)31(38)39-2/h3-16,24-27H,1-2H3/t24-,25-,26+,27-/m0/s1. The summed E-state index contributed by atoms with van der Waals surface area (Å²) in [5.41, 5.74) is 2.25. The normalized spacial score (nSPS) is 22.4. The van der Waals surface area contributed by atoms with Crippen molar-refractivity contribution in [1.82, 2.24) is 4.90 Å². The van der Waals surface area contributed by atoms with Gasteiger partial charge in [0, 0.05) is 18.7 Å². The topological polar surface area (TPSA) is 110 Å². The molecular formula is C31H24N2O7. The monoisotopic (exact) mass is 536 g/mol. The van der Waals surface area contributed by atoms with Crippen LogP contribution < -0.4 is 9.64 Å². The molecule has 3 aromatic carbocycles. The second-order valence-corrected chi connectivity index (χ2v) is 9.84. The van der Waals surface area contributed by atoms with Crippen LogP contribution in [-0.4, -0.2) is 47.6 Å². The van der Waals surface area contributed by atoms with Crippen LogP contribution in [0, 0.1) is 11.8 Å². The van der Waals surface area contributed by atoms with Crippen molar-refractivity contribution in [3.63, 3.8) is 0 Å². The highest BCUT2D eigenvalue weighted by molar-refractivity contribution is 6.26. The zero-order chi connectivity index (χ0) is 28.1. The first-order valence-electron chi connectivity index (χ1n) is 12.7. The van der Waals surface area contributed by atoms with E-state index in [0.717, 1.165) is 16.0 Å². The number of para-hydroxylation sites is 1. The van der Waals surface area contributed by atoms with Gasteiger partial charge in [0.25, 0.3) is 0 Å². The molecule has 40 heavy (non-hydrogen) atoms. The van der Waals surface area contributed by atoms with Gasteiger partial charge in [-0.1, -0.05) is 36.4 Å². The van der Waals surface area contributed by atoms with Gasteiger partial charge in [-0.25, -0.2) is 9.69 Å². The van der Waals surface area contributed by atoms with Gasteiger partial charge in [0.05, 0.1) is 36.2 Å². The van der Waals surface area contributed by atoms with E-state index in [4.69, 9.17) is 9.47 Å². The molecular weight excluding hydrogens is 512 g/mol. The molecule has 0 aliphatic carbocycles. The smallest absolute Gasteiger partial charge is 0.339 e. The number of imide groups is 1. The Kier molecular flexibility index (Phi) is 6.06. The molecule has 4 atom stereocenters. The molecule has 0 unspecified atom stereocenters. The number of anilines is 1. The summed E-state index contributed by atoms with van der Waals surface area (Å²) in [6.45, 7) is 1.28. The van der Waals surface area contributed by atoms with E-state index in [1.807, 2.05) is 30.3 Å². The van der Waals surface area contributed by atoms with Crippen molar-refractivity contribution in [2.75, 3.05) is 12.0 Å². The molecule has 0 radical (unpaired) electrons. The van der Waals surface area contributed by atoms with E-state index in [1.165, 1.54) is 50.4 Å². The number of hydrogen-bond donors (Lipinski definition) is 0. The SMILES string of the molecule is COC(=O)c1ccccc1N1C(=O)[C@H]2[C@H](C1=O)[C@H]1c3ccccc3C=CN1[C@@H]2C(=O)c1ccc(OC(C)=O)cc1. The van der Waals surface area contributed by atoms with Crippen LogP contribution >= 0.6 is 0 Å². The van der Waals surface area contributed by atoms with Gasteiger partial charge in [-0.15, -0.1) is 0 Å². The zero-order valence-corrected chi connectivity index (χ0v) is 21.6. The molecule has 9 nitrogen and oxygen atoms in total. The summed E-state index contributed by atoms with van der Waals surface area (Å²) in [5, 5.41) is 0. The highest BCUT2D eigenvalue weighted by atomic mass is 16.5. The van der Waals surface area contributed by atoms with E-state index in [2.05, 4.69) is 0 Å². The fourth-order valence-corrected chi connectivity index (χ4v) is 6.07. The Morgan fingerprint density at radius 1 is 0.825 bits per heavy atom. The third-order valence-electron chi connectivity index (χ3n) is 7.68. The number of hydrogen-bond acceptors (Lipinski definition) is 8. The molecule has 6 rings (SSSR count). The summed E-state index contributed by atoms with van der Waals surface area (Å²) < 4.78 is 9.98. The van der Waals surface area contributed by atoms with Crippen LogP contribution in [-0.2, 0) is 19.1 Å². The quantitative estimate of drug-likeness (QED) is 0.210. The number of Topliss-reactive ketones (excluding diaryl/α,β-unsaturated/α-hetero) is 1. The Morgan fingerprint density at radius 2 is 1.50 bits per heavy atom. The maximum absolute atomic E-state index is 14.1. The molecule has 9 heteroatoms. The molecule has 3 aromatic rings. The summed E-state index contributed by atoms with van der Waals surface area (Å²) in [6, 6.07) is 18.4. The summed E-state index contributed by atoms with van der Waals surface area (Å²) in [4.78, 5) is 69.0. The number of nitrogens with zero attached hydrogens (tertiary/aromatic N) is 2. The van der Waals surface area contributed by atoms with Gasteiger partial charge in [-0.05, 0) is 53.6 Å². The van der Waals surface area contributed by atoms with Gasteiger partial charge in [0.15, 0.2) is 5.78 Å². The van der Waals surface area contributed by atoms with E-state index in [-0.39, 0.29) is 22.8 Å². The highest BCUT2D eigenvalue weighted by Gasteiger charge is 2.64. The molecule has 0 spiro atoms. The van der Waals surface area contributed by atoms with Crippen LogP contribution in [0.5, 0.6) is 5.75 Å². The second kappa shape index (κ2) is 9.60. The van der Waals surface area contributed by atoms with Crippen molar-refractivity contribution in [2.24, 2.45) is 11.8 Å². The molecule has 0 bridgehead atoms. The molecule has 3 heterocycles. The van der Waals surface area contributed by atoms with Crippen molar-refractivity contribution in [3.8, 4) is 5.75 Å². The molecule has 2 saturated heterocycles. The van der Waals surface area contributed by atoms with E-state index < -0.39 is 47.7 Å². The summed E-state index contributed by atoms with van der Waals surface area (Å²) in [7, 11) is 1.23. The Morgan fingerprint density at radius 3 is 2.23 bits per heavy atom. The number of ketones is 1. The predicted molar refractivity (Wildman–Crippen MR) is 143 cm³/mol. The predicted octanol–water partition coefficient (Wildman–Crippen LogP) is 3.80. The number of rotatable bonds is 5. The van der Waals surface area contributed by atoms with Gasteiger partial charge in [-0.2, -0.15) is 0 Å². The molecule has 2 amide bonds. The van der Waals surface area contributed by atoms with Gasteiger partial charge < -0.3 is 14.4 Å². The third kappa shape index (κ3) is 3.81. The van der Waals surface area contributed by atoms with Gasteiger partial charge >= 0.3 is 11.9 Å². The molecule has 0 aromatic heterocycles. The molecule has 3 aliphatic rings. The molecule has 200 valence electrons. The van der Waals surface area contributed by atoms with E-state index in [9.17, 15) is 24.0 Å². The minimum atomic E-state index is -1.00. The third-order valence-corrected chi connectivity index (χ3v) is 7.68. The number of benzene rings is 3. The summed E-state index contributed by atoms with van der Waals surface area (Å²) in [6.07, 6.45) is 3.64. The maximum Gasteiger partial charge on any atom is 0.339 e. The fraction of sp³-hybridized carbons (Fsp3) is 0.194. The number of amides is 2. The number of carbonyl (C=O) groups is 5. The van der Waals surface area contributed by atoms with Crippen LogP contribution in [0.25, 0.3) is 6.08 Å². The summed E-state index contributed by atoms with van der Waals surface area (Å²) in [5.74, 6) is -4.12. The number of carbonyl (C=O) groups excluding carboxylic acids is 5. The molecule has 2 fully saturated rings. The fourth-order valence-electron chi connectivity index (χ4n) is 6.07. The van der Waals surface area contributed by atoms with E-state index in [1.54, 1.807) is 23.2 Å². The van der Waals surface area contributed by atoms with Crippen LogP contribution in [0.3, 0.4) is 0 Å². The Labute approximate surface area is 229 Å². The first-order valence-corrected chi connectivity index (χ1v) is 12.7. The van der Waals surface area contributed by atoms with Crippen molar-refractivity contribution in [3.05, 3.63) is 101 Å². The van der Waals surface area contributed by atoms with E-state index in [0.29, 0.717) is 5.56 Å². The maximum atomic E-state index is 14.1. The Balaban J connectivity index is 1.46. The number of ether oxygens (including phenoxy) is 2. The number of esters is 2. The molecule has 3 aliphatic heterocycles. The van der Waals surface area contributed by atoms with E-state index >= 15 is 0 Å². The van der Waals surface area contributed by atoms with Crippen LogP contribution in [0.1, 0.15) is 44.8 Å². The van der Waals surface area contributed by atoms with Crippen molar-refractivity contribution >= 4 is 41.3 Å².